The molecule has 0 aliphatic carbocycles. The Hall–Kier alpha value is 2.53. The molecule has 0 heterocycles. The third-order valence-electron chi connectivity index (χ3n) is 0. The van der Waals surface area contributed by atoms with E-state index in [1.807, 2.05) is 0 Å². The molecule has 0 aromatic carbocycles. The van der Waals surface area contributed by atoms with E-state index in [9.17, 15) is 0 Å². The van der Waals surface area contributed by atoms with Crippen LogP contribution in [0.25, 0.3) is 0 Å². The Morgan fingerprint density at radius 3 is 1.33 bits per heavy atom. The van der Waals surface area contributed by atoms with Gasteiger partial charge in [0, 0.05) is 71.3 Å². The second-order valence-electron chi connectivity index (χ2n) is 0.238. The monoisotopic (exact) mass is 348 g/mol. The molecule has 0 bridgehead atoms. The first-order chi connectivity index (χ1) is 1.73. The van der Waals surface area contributed by atoms with Gasteiger partial charge in [-0.1, -0.05) is 0 Å². The maximum atomic E-state index is 8.67. The summed E-state index contributed by atoms with van der Waals surface area (Å²) in [5, 5.41) is 0. The van der Waals surface area contributed by atoms with Crippen molar-refractivity contribution < 1.29 is 98.1 Å². The molecule has 6 heteroatoms. The van der Waals surface area contributed by atoms with E-state index in [-0.39, 0.29) is 71.3 Å². The molecule has 3 nitrogen and oxygen atoms in total. The molecule has 0 saturated carbocycles. The summed E-state index contributed by atoms with van der Waals surface area (Å²) in [5.74, 6) is 0. The minimum atomic E-state index is -3.69. The Morgan fingerprint density at radius 1 is 1.33 bits per heavy atom. The zero-order chi connectivity index (χ0) is 3.58. The van der Waals surface area contributed by atoms with Gasteiger partial charge in [-0.3, -0.25) is 0 Å². The molecule has 0 spiro atoms. The number of hydrogen-bond acceptors (Lipinski definition) is 2. The summed E-state index contributed by atoms with van der Waals surface area (Å²) in [6, 6.07) is 0. The van der Waals surface area contributed by atoms with Crippen LogP contribution in [0, 0.1) is 38.6 Å². The van der Waals surface area contributed by atoms with E-state index in [4.69, 9.17) is 11.4 Å². The summed E-state index contributed by atoms with van der Waals surface area (Å²) >= 11 is -3.69. The van der Waals surface area contributed by atoms with Gasteiger partial charge in [-0.15, -0.1) is 0 Å². The molecule has 0 aromatic heterocycles. The summed E-state index contributed by atoms with van der Waals surface area (Å²) in [5.41, 5.74) is 0. The molecule has 0 rings (SSSR count). The van der Waals surface area contributed by atoms with Crippen molar-refractivity contribution in [2.24, 2.45) is 0 Å². The van der Waals surface area contributed by atoms with Gasteiger partial charge in [0.05, 0.1) is 0 Å². The molecule has 0 atom stereocenters. The SMILES string of the molecule is [O]=[V](=[O])[OH].[Tb].[Y]. The topological polar surface area (TPSA) is 54.4 Å². The van der Waals surface area contributed by atoms with Crippen LogP contribution in [-0.4, -0.2) is 4.03 Å². The van der Waals surface area contributed by atoms with Crippen LogP contribution in [-0.2, 0) is 55.5 Å². The molecule has 1 N–H and O–H groups in total. The van der Waals surface area contributed by atoms with E-state index < -0.39 is 15.4 Å². The largest absolute Gasteiger partial charge is 0 e. The van der Waals surface area contributed by atoms with Crippen LogP contribution in [0.3, 0.4) is 0 Å². The van der Waals surface area contributed by atoms with E-state index in [2.05, 4.69) is 0 Å². The molecule has 36 valence electrons. The zero-order valence-corrected chi connectivity index (χ0v) is 9.00. The standard InChI is InChI=1S/H2O.2O.Tb.V.Y/h1H2;;;;;/q;;;;+1;/p-1. The van der Waals surface area contributed by atoms with Gasteiger partial charge in [0.15, 0.2) is 0 Å². The average molecular weight is 348 g/mol. The Morgan fingerprint density at radius 2 is 1.33 bits per heavy atom. The molecule has 0 aliphatic heterocycles. The molecule has 2 radical (unpaired) electrons. The van der Waals surface area contributed by atoms with Crippen LogP contribution in [0.4, 0.5) is 0 Å². The summed E-state index contributed by atoms with van der Waals surface area (Å²) < 4.78 is 24.4. The molecule has 0 fully saturated rings. The predicted octanol–water partition coefficient (Wildman–Crippen LogP) is -0.800. The van der Waals surface area contributed by atoms with Gasteiger partial charge >= 0.3 is 26.8 Å². The second-order valence-corrected chi connectivity index (χ2v) is 0.981. The van der Waals surface area contributed by atoms with Gasteiger partial charge in [0.25, 0.3) is 0 Å². The smallest absolute Gasteiger partial charge is 0 e. The molecule has 0 aliphatic rings. The van der Waals surface area contributed by atoms with E-state index in [1.54, 1.807) is 0 Å². The fourth-order valence-electron chi connectivity index (χ4n) is 0. The van der Waals surface area contributed by atoms with Crippen molar-refractivity contribution in [1.29, 1.82) is 0 Å². The summed E-state index contributed by atoms with van der Waals surface area (Å²) in [6.07, 6.45) is 0. The van der Waals surface area contributed by atoms with Gasteiger partial charge in [-0.05, 0) is 0 Å². The number of rotatable bonds is 0. The zero-order valence-electron chi connectivity index (χ0n) is 2.62. The van der Waals surface area contributed by atoms with Crippen molar-refractivity contribution in [2.75, 3.05) is 0 Å². The first kappa shape index (κ1) is 15.8. The van der Waals surface area contributed by atoms with Crippen LogP contribution in [0.1, 0.15) is 0 Å². The fraction of sp³-hybridized carbons (Fsp3) is 0. The molecular formula is HO3TbVY. The van der Waals surface area contributed by atoms with Gasteiger partial charge in [-0.2, -0.15) is 0 Å². The van der Waals surface area contributed by atoms with Crippen LogP contribution in [0.5, 0.6) is 0 Å². The van der Waals surface area contributed by atoms with E-state index in [1.165, 1.54) is 0 Å². The van der Waals surface area contributed by atoms with Gasteiger partial charge < -0.3 is 0 Å². The molecular weight excluding hydrogens is 347 g/mol. The summed E-state index contributed by atoms with van der Waals surface area (Å²) in [7, 11) is 0. The molecule has 0 saturated heterocycles. The molecule has 0 aromatic rings. The van der Waals surface area contributed by atoms with E-state index >= 15 is 0 Å². The minimum absolute atomic E-state index is 0. The van der Waals surface area contributed by atoms with Crippen LogP contribution < -0.4 is 0 Å². The summed E-state index contributed by atoms with van der Waals surface area (Å²) in [6.45, 7) is 0. The van der Waals surface area contributed by atoms with Crippen LogP contribution >= 0.6 is 0 Å². The average Bonchev–Trinajstić information content (AvgIpc) is 0.811. The summed E-state index contributed by atoms with van der Waals surface area (Å²) in [4.78, 5) is 0. The quantitative estimate of drug-likeness (QED) is 0.624. The predicted molar refractivity (Wildman–Crippen MR) is 3.59 cm³/mol. The van der Waals surface area contributed by atoms with Crippen LogP contribution in [0.2, 0.25) is 0 Å². The Labute approximate surface area is 95.9 Å². The second kappa shape index (κ2) is 10.5. The van der Waals surface area contributed by atoms with Crippen molar-refractivity contribution in [3.8, 4) is 0 Å². The van der Waals surface area contributed by atoms with Crippen molar-refractivity contribution >= 4 is 0 Å². The Bertz CT molecular complexity index is 59.2. The molecule has 0 amide bonds. The first-order valence-corrected chi connectivity index (χ1v) is 2.33. The van der Waals surface area contributed by atoms with Crippen molar-refractivity contribution in [1.82, 2.24) is 0 Å². The third-order valence-corrected chi connectivity index (χ3v) is 0. The molecule has 0 unspecified atom stereocenters. The van der Waals surface area contributed by atoms with Gasteiger partial charge in [0.2, 0.25) is 0 Å². The van der Waals surface area contributed by atoms with Crippen molar-refractivity contribution in [2.45, 2.75) is 0 Å². The normalized spacial score (nSPS) is 4.17. The van der Waals surface area contributed by atoms with Crippen molar-refractivity contribution in [3.05, 3.63) is 0 Å². The maximum absolute atomic E-state index is 8.67. The van der Waals surface area contributed by atoms with E-state index in [0.29, 0.717) is 0 Å². The minimum Gasteiger partial charge on any atom is 0 e. The number of hydrogen-bond donors (Lipinski definition) is 1. The molecule has 6 heavy (non-hydrogen) atoms. The van der Waals surface area contributed by atoms with Crippen molar-refractivity contribution in [3.63, 3.8) is 0 Å². The third kappa shape index (κ3) is 31.2. The van der Waals surface area contributed by atoms with Gasteiger partial charge in [0.1, 0.15) is 0 Å². The fourth-order valence-corrected chi connectivity index (χ4v) is 0. The van der Waals surface area contributed by atoms with Gasteiger partial charge in [-0.25, -0.2) is 0 Å². The maximum Gasteiger partial charge on any atom is 0 e. The van der Waals surface area contributed by atoms with Crippen LogP contribution in [0.15, 0.2) is 0 Å². The first-order valence-electron chi connectivity index (χ1n) is 0.565. The van der Waals surface area contributed by atoms with E-state index in [0.717, 1.165) is 0 Å². The Kier molecular flexibility index (Phi) is 27.7. The Balaban J connectivity index is -0.0000000450.